The van der Waals surface area contributed by atoms with Gasteiger partial charge in [0.25, 0.3) is 0 Å². The Labute approximate surface area is 110 Å². The third-order valence-corrected chi connectivity index (χ3v) is 2.56. The van der Waals surface area contributed by atoms with E-state index < -0.39 is 11.9 Å². The number of carboxylic acid groups (broad SMARTS) is 1. The van der Waals surface area contributed by atoms with E-state index in [-0.39, 0.29) is 17.7 Å². The van der Waals surface area contributed by atoms with Crippen molar-refractivity contribution in [2.75, 3.05) is 0 Å². The highest BCUT2D eigenvalue weighted by Crippen LogP contribution is 2.09. The standard InChI is InChI=1S/C15H12O4/c16-14(17)12-7-4-8-13(9-12)15(18)19-10-11-5-2-1-3-6-11/h1-9H,10H2,(H,16,17). The van der Waals surface area contributed by atoms with Gasteiger partial charge in [0.1, 0.15) is 6.61 Å². The molecule has 0 aliphatic carbocycles. The molecule has 0 spiro atoms. The molecule has 19 heavy (non-hydrogen) atoms. The molecule has 0 amide bonds. The molecule has 0 saturated carbocycles. The number of esters is 1. The molecule has 0 aliphatic rings. The van der Waals surface area contributed by atoms with Gasteiger partial charge in [0.2, 0.25) is 0 Å². The van der Waals surface area contributed by atoms with Crippen molar-refractivity contribution in [1.82, 2.24) is 0 Å². The van der Waals surface area contributed by atoms with Crippen LogP contribution in [-0.4, -0.2) is 17.0 Å². The minimum absolute atomic E-state index is 0.0640. The largest absolute Gasteiger partial charge is 0.478 e. The molecule has 0 radical (unpaired) electrons. The number of ether oxygens (including phenoxy) is 1. The highest BCUT2D eigenvalue weighted by Gasteiger charge is 2.10. The van der Waals surface area contributed by atoms with Crippen molar-refractivity contribution < 1.29 is 19.4 Å². The van der Waals surface area contributed by atoms with Crippen molar-refractivity contribution in [3.05, 3.63) is 71.3 Å². The maximum atomic E-state index is 11.8. The van der Waals surface area contributed by atoms with E-state index in [1.165, 1.54) is 24.3 Å². The second kappa shape index (κ2) is 5.82. The average Bonchev–Trinajstić information content (AvgIpc) is 2.46. The number of aromatic carboxylic acids is 1. The zero-order chi connectivity index (χ0) is 13.7. The van der Waals surface area contributed by atoms with Gasteiger partial charge in [-0.05, 0) is 23.8 Å². The molecule has 0 aromatic heterocycles. The first kappa shape index (κ1) is 12.8. The summed E-state index contributed by atoms with van der Waals surface area (Å²) >= 11 is 0. The van der Waals surface area contributed by atoms with Crippen molar-refractivity contribution in [1.29, 1.82) is 0 Å². The fraction of sp³-hybridized carbons (Fsp3) is 0.0667. The summed E-state index contributed by atoms with van der Waals surface area (Å²) in [4.78, 5) is 22.6. The lowest BCUT2D eigenvalue weighted by Crippen LogP contribution is -2.07. The summed E-state index contributed by atoms with van der Waals surface area (Å²) in [6.45, 7) is 0.164. The predicted octanol–water partition coefficient (Wildman–Crippen LogP) is 2.74. The van der Waals surface area contributed by atoms with Crippen LogP contribution in [0.15, 0.2) is 54.6 Å². The van der Waals surface area contributed by atoms with Gasteiger partial charge in [0.05, 0.1) is 11.1 Å². The molecule has 4 nitrogen and oxygen atoms in total. The van der Waals surface area contributed by atoms with Crippen LogP contribution in [0.2, 0.25) is 0 Å². The van der Waals surface area contributed by atoms with Crippen LogP contribution in [0.1, 0.15) is 26.3 Å². The van der Waals surface area contributed by atoms with Gasteiger partial charge in [0, 0.05) is 0 Å². The lowest BCUT2D eigenvalue weighted by atomic mass is 10.1. The van der Waals surface area contributed by atoms with Crippen LogP contribution >= 0.6 is 0 Å². The molecule has 0 bridgehead atoms. The molecule has 96 valence electrons. The summed E-state index contributed by atoms with van der Waals surface area (Å²) in [7, 11) is 0. The van der Waals surface area contributed by atoms with Crippen LogP contribution in [0.3, 0.4) is 0 Å². The third-order valence-electron chi connectivity index (χ3n) is 2.56. The first-order chi connectivity index (χ1) is 9.16. The van der Waals surface area contributed by atoms with Crippen LogP contribution < -0.4 is 0 Å². The van der Waals surface area contributed by atoms with E-state index in [0.29, 0.717) is 0 Å². The van der Waals surface area contributed by atoms with Gasteiger partial charge in [-0.25, -0.2) is 9.59 Å². The highest BCUT2D eigenvalue weighted by atomic mass is 16.5. The van der Waals surface area contributed by atoms with Crippen LogP contribution in [0.5, 0.6) is 0 Å². The maximum Gasteiger partial charge on any atom is 0.338 e. The topological polar surface area (TPSA) is 63.6 Å². The number of carbonyl (C=O) groups excluding carboxylic acids is 1. The van der Waals surface area contributed by atoms with Gasteiger partial charge in [-0.15, -0.1) is 0 Å². The molecule has 2 rings (SSSR count). The van der Waals surface area contributed by atoms with Gasteiger partial charge < -0.3 is 9.84 Å². The van der Waals surface area contributed by atoms with E-state index >= 15 is 0 Å². The number of hydrogen-bond acceptors (Lipinski definition) is 3. The van der Waals surface area contributed by atoms with Crippen molar-refractivity contribution in [2.45, 2.75) is 6.61 Å². The molecule has 0 aliphatic heterocycles. The Kier molecular flexibility index (Phi) is 3.93. The minimum atomic E-state index is -1.07. The molecular formula is C15H12O4. The third kappa shape index (κ3) is 3.42. The molecule has 4 heteroatoms. The van der Waals surface area contributed by atoms with Gasteiger partial charge in [-0.2, -0.15) is 0 Å². The first-order valence-electron chi connectivity index (χ1n) is 5.71. The number of rotatable bonds is 4. The van der Waals surface area contributed by atoms with Crippen LogP contribution in [0.4, 0.5) is 0 Å². The SMILES string of the molecule is O=C(O)c1cccc(C(=O)OCc2ccccc2)c1. The number of hydrogen-bond donors (Lipinski definition) is 1. The number of carbonyl (C=O) groups is 2. The Morgan fingerprint density at radius 2 is 1.63 bits per heavy atom. The fourth-order valence-electron chi connectivity index (χ4n) is 1.59. The second-order valence-corrected chi connectivity index (χ2v) is 3.95. The lowest BCUT2D eigenvalue weighted by molar-refractivity contribution is 0.0472. The fourth-order valence-corrected chi connectivity index (χ4v) is 1.59. The Bertz CT molecular complexity index is 590. The predicted molar refractivity (Wildman–Crippen MR) is 69.0 cm³/mol. The van der Waals surface area contributed by atoms with E-state index in [2.05, 4.69) is 0 Å². The first-order valence-corrected chi connectivity index (χ1v) is 5.71. The van der Waals surface area contributed by atoms with Gasteiger partial charge in [-0.3, -0.25) is 0 Å². The lowest BCUT2D eigenvalue weighted by Gasteiger charge is -2.05. The summed E-state index contributed by atoms with van der Waals surface area (Å²) in [5.74, 6) is -1.61. The zero-order valence-corrected chi connectivity index (χ0v) is 10.1. The number of carboxylic acids is 1. The Morgan fingerprint density at radius 1 is 0.947 bits per heavy atom. The van der Waals surface area contributed by atoms with Gasteiger partial charge in [-0.1, -0.05) is 36.4 Å². The average molecular weight is 256 g/mol. The molecule has 1 N–H and O–H groups in total. The van der Waals surface area contributed by atoms with Gasteiger partial charge >= 0.3 is 11.9 Å². The second-order valence-electron chi connectivity index (χ2n) is 3.95. The van der Waals surface area contributed by atoms with E-state index in [1.54, 1.807) is 0 Å². The van der Waals surface area contributed by atoms with E-state index in [4.69, 9.17) is 9.84 Å². The molecule has 2 aromatic rings. The summed E-state index contributed by atoms with van der Waals surface area (Å²) in [5, 5.41) is 8.85. The molecule has 0 atom stereocenters. The van der Waals surface area contributed by atoms with Crippen LogP contribution in [-0.2, 0) is 11.3 Å². The number of benzene rings is 2. The van der Waals surface area contributed by atoms with Crippen molar-refractivity contribution in [3.8, 4) is 0 Å². The summed E-state index contributed by atoms with van der Waals surface area (Å²) < 4.78 is 5.12. The summed E-state index contributed by atoms with van der Waals surface area (Å²) in [6.07, 6.45) is 0. The molecule has 0 saturated heterocycles. The minimum Gasteiger partial charge on any atom is -0.478 e. The summed E-state index contributed by atoms with van der Waals surface area (Å²) in [6, 6.07) is 15.1. The quantitative estimate of drug-likeness (QED) is 0.854. The monoisotopic (exact) mass is 256 g/mol. The van der Waals surface area contributed by atoms with Crippen molar-refractivity contribution >= 4 is 11.9 Å². The smallest absolute Gasteiger partial charge is 0.338 e. The van der Waals surface area contributed by atoms with E-state index in [0.717, 1.165) is 5.56 Å². The summed E-state index contributed by atoms with van der Waals surface area (Å²) in [5.41, 5.74) is 1.18. The molecule has 0 fully saturated rings. The zero-order valence-electron chi connectivity index (χ0n) is 10.1. The van der Waals surface area contributed by atoms with E-state index in [9.17, 15) is 9.59 Å². The highest BCUT2D eigenvalue weighted by molar-refractivity contribution is 5.94. The Hall–Kier alpha value is -2.62. The van der Waals surface area contributed by atoms with Crippen LogP contribution in [0.25, 0.3) is 0 Å². The molecule has 2 aromatic carbocycles. The Balaban J connectivity index is 2.04. The maximum absolute atomic E-state index is 11.8. The molecule has 0 unspecified atom stereocenters. The van der Waals surface area contributed by atoms with Gasteiger partial charge in [0.15, 0.2) is 0 Å². The van der Waals surface area contributed by atoms with Crippen molar-refractivity contribution in [3.63, 3.8) is 0 Å². The Morgan fingerprint density at radius 3 is 2.32 bits per heavy atom. The normalized spacial score (nSPS) is 9.89. The molecular weight excluding hydrogens is 244 g/mol. The van der Waals surface area contributed by atoms with E-state index in [1.807, 2.05) is 30.3 Å². The molecule has 0 heterocycles. The van der Waals surface area contributed by atoms with Crippen molar-refractivity contribution in [2.24, 2.45) is 0 Å². The van der Waals surface area contributed by atoms with Crippen LogP contribution in [0, 0.1) is 0 Å².